The molecule has 2 aromatic heterocycles. The Morgan fingerprint density at radius 2 is 0.974 bits per heavy atom. The van der Waals surface area contributed by atoms with E-state index in [9.17, 15) is 19.8 Å². The summed E-state index contributed by atoms with van der Waals surface area (Å²) in [7, 11) is 0. The van der Waals surface area contributed by atoms with E-state index in [0.717, 1.165) is 0 Å². The van der Waals surface area contributed by atoms with Crippen LogP contribution in [0.25, 0.3) is 0 Å². The van der Waals surface area contributed by atoms with Gasteiger partial charge in [-0.05, 0) is 62.4 Å². The number of hydrogen-bond donors (Lipinski definition) is 4. The molecule has 202 valence electrons. The zero-order chi connectivity index (χ0) is 27.3. The normalized spacial score (nSPS) is 10.8. The summed E-state index contributed by atoms with van der Waals surface area (Å²) < 4.78 is 0. The molecule has 0 aliphatic heterocycles. The molecule has 2 amide bonds. The molecule has 0 saturated heterocycles. The number of phenolic OH excluding ortho intramolecular Hbond substituents is 2. The van der Waals surface area contributed by atoms with E-state index < -0.39 is 11.8 Å². The molecule has 2 heterocycles. The molecule has 4 rings (SSSR count). The maximum atomic E-state index is 11.8. The Hall–Kier alpha value is -4.89. The van der Waals surface area contributed by atoms with Crippen molar-refractivity contribution in [3.8, 4) is 11.5 Å². The number of nitrogens with zero attached hydrogens (tertiary/aromatic N) is 4. The molecule has 0 fully saturated rings. The van der Waals surface area contributed by atoms with Gasteiger partial charge in [-0.15, -0.1) is 0 Å². The fraction of sp³-hybridized carbons (Fsp3) is 0.0714. The molecule has 10 nitrogen and oxygen atoms in total. The van der Waals surface area contributed by atoms with Crippen LogP contribution in [-0.2, 0) is 16.5 Å². The van der Waals surface area contributed by atoms with Crippen molar-refractivity contribution in [3.63, 3.8) is 0 Å². The van der Waals surface area contributed by atoms with Gasteiger partial charge in [0.15, 0.2) is 0 Å². The van der Waals surface area contributed by atoms with Crippen LogP contribution in [0.4, 0.5) is 0 Å². The van der Waals surface area contributed by atoms with Gasteiger partial charge < -0.3 is 10.2 Å². The maximum absolute atomic E-state index is 11.8. The predicted molar refractivity (Wildman–Crippen MR) is 144 cm³/mol. The molecule has 4 N–H and O–H groups in total. The molecule has 0 atom stereocenters. The van der Waals surface area contributed by atoms with E-state index in [-0.39, 0.29) is 39.1 Å². The van der Waals surface area contributed by atoms with E-state index >= 15 is 0 Å². The Morgan fingerprint density at radius 3 is 1.31 bits per heavy atom. The molecule has 0 saturated carbocycles. The van der Waals surface area contributed by atoms with Crippen molar-refractivity contribution in [1.82, 2.24) is 20.8 Å². The molecule has 0 unspecified atom stereocenters. The second-order valence-electron chi connectivity index (χ2n) is 7.74. The zero-order valence-electron chi connectivity index (χ0n) is 21.1. The predicted octanol–water partition coefficient (Wildman–Crippen LogP) is 3.88. The van der Waals surface area contributed by atoms with E-state index in [1.165, 1.54) is 24.3 Å². The van der Waals surface area contributed by atoms with E-state index in [1.54, 1.807) is 74.8 Å². The van der Waals surface area contributed by atoms with Crippen LogP contribution in [0.1, 0.15) is 46.0 Å². The molecule has 4 aromatic rings. The van der Waals surface area contributed by atoms with Crippen molar-refractivity contribution in [2.24, 2.45) is 10.2 Å². The Balaban J connectivity index is 0.000000267. The van der Waals surface area contributed by atoms with E-state index in [1.807, 2.05) is 12.1 Å². The third-order valence-electron chi connectivity index (χ3n) is 5.02. The van der Waals surface area contributed by atoms with Gasteiger partial charge in [0.05, 0.1) is 33.9 Å². The van der Waals surface area contributed by atoms with Crippen LogP contribution >= 0.6 is 0 Å². The Labute approximate surface area is 235 Å². The average molecular weight is 569 g/mol. The molecule has 11 heteroatoms. The summed E-state index contributed by atoms with van der Waals surface area (Å²) in [5.74, 6) is -1.09. The number of para-hydroxylation sites is 2. The van der Waals surface area contributed by atoms with E-state index in [4.69, 9.17) is 0 Å². The molecule has 2 aromatic carbocycles. The first-order chi connectivity index (χ1) is 18.4. The summed E-state index contributed by atoms with van der Waals surface area (Å²) in [5.41, 5.74) is 7.67. The van der Waals surface area contributed by atoms with Crippen molar-refractivity contribution < 1.29 is 36.3 Å². The van der Waals surface area contributed by atoms with Crippen LogP contribution in [0.3, 0.4) is 0 Å². The van der Waals surface area contributed by atoms with Crippen LogP contribution in [0.5, 0.6) is 11.5 Å². The number of rotatable bonds is 6. The average Bonchev–Trinajstić information content (AvgIpc) is 2.96. The molecule has 0 aliphatic carbocycles. The summed E-state index contributed by atoms with van der Waals surface area (Å²) in [6, 6.07) is 23.5. The first-order valence-corrected chi connectivity index (χ1v) is 11.4. The van der Waals surface area contributed by atoms with Crippen LogP contribution in [-0.4, -0.2) is 43.4 Å². The van der Waals surface area contributed by atoms with Gasteiger partial charge in [-0.25, -0.2) is 10.9 Å². The number of carbonyl (C=O) groups is 2. The molecule has 0 aliphatic rings. The van der Waals surface area contributed by atoms with Gasteiger partial charge in [-0.3, -0.25) is 19.6 Å². The molecular weight excluding hydrogens is 543 g/mol. The number of hydrogen-bond acceptors (Lipinski definition) is 8. The Kier molecular flexibility index (Phi) is 12.0. The van der Waals surface area contributed by atoms with Crippen LogP contribution in [0, 0.1) is 0 Å². The minimum absolute atomic E-state index is 0. The van der Waals surface area contributed by atoms with Crippen LogP contribution < -0.4 is 10.9 Å². The molecule has 0 radical (unpaired) electrons. The van der Waals surface area contributed by atoms with Crippen molar-refractivity contribution in [3.05, 3.63) is 120 Å². The van der Waals surface area contributed by atoms with Gasteiger partial charge in [-0.2, -0.15) is 10.2 Å². The SMILES string of the molecule is C/C(=N\NC(=O)c1ccccc1O)c1ccccn1.C/C(=N\NC(=O)c1ccccc1O)c1ccccn1.[Ni]. The number of aromatic hydroxyl groups is 2. The number of phenols is 2. The number of carbonyl (C=O) groups excluding carboxylic acids is 2. The van der Waals surface area contributed by atoms with Gasteiger partial charge in [0.2, 0.25) is 0 Å². The first-order valence-electron chi connectivity index (χ1n) is 11.4. The van der Waals surface area contributed by atoms with Crippen molar-refractivity contribution in [1.29, 1.82) is 0 Å². The minimum atomic E-state index is -0.464. The fourth-order valence-corrected chi connectivity index (χ4v) is 2.99. The summed E-state index contributed by atoms with van der Waals surface area (Å²) in [6.07, 6.45) is 3.30. The molecule has 0 spiro atoms. The van der Waals surface area contributed by atoms with E-state index in [2.05, 4.69) is 31.0 Å². The maximum Gasteiger partial charge on any atom is 0.275 e. The fourth-order valence-electron chi connectivity index (χ4n) is 2.99. The van der Waals surface area contributed by atoms with Gasteiger partial charge in [0.1, 0.15) is 11.5 Å². The van der Waals surface area contributed by atoms with Crippen molar-refractivity contribution in [2.75, 3.05) is 0 Å². The summed E-state index contributed by atoms with van der Waals surface area (Å²) in [6.45, 7) is 3.49. The topological polar surface area (TPSA) is 149 Å². The van der Waals surface area contributed by atoms with Crippen molar-refractivity contribution in [2.45, 2.75) is 13.8 Å². The third kappa shape index (κ3) is 9.17. The van der Waals surface area contributed by atoms with Gasteiger partial charge in [0.25, 0.3) is 11.8 Å². The summed E-state index contributed by atoms with van der Waals surface area (Å²) in [5, 5.41) is 27.0. The number of benzene rings is 2. The number of nitrogens with one attached hydrogen (secondary N) is 2. The van der Waals surface area contributed by atoms with Gasteiger partial charge in [-0.1, -0.05) is 36.4 Å². The Bertz CT molecular complexity index is 1340. The zero-order valence-corrected chi connectivity index (χ0v) is 22.0. The van der Waals surface area contributed by atoms with Crippen molar-refractivity contribution >= 4 is 23.2 Å². The van der Waals surface area contributed by atoms with Crippen LogP contribution in [0.2, 0.25) is 0 Å². The largest absolute Gasteiger partial charge is 0.507 e. The number of pyridine rings is 2. The minimum Gasteiger partial charge on any atom is -0.507 e. The monoisotopic (exact) mass is 568 g/mol. The second-order valence-corrected chi connectivity index (χ2v) is 7.74. The number of amides is 2. The molecule has 39 heavy (non-hydrogen) atoms. The summed E-state index contributed by atoms with van der Waals surface area (Å²) >= 11 is 0. The number of aromatic nitrogens is 2. The van der Waals surface area contributed by atoms with Gasteiger partial charge in [0, 0.05) is 28.9 Å². The molecular formula is C28H26N6NiO4. The van der Waals surface area contributed by atoms with Crippen LogP contribution in [0.15, 0.2) is 108 Å². The number of hydrazone groups is 2. The first kappa shape index (κ1) is 30.3. The second kappa shape index (κ2) is 15.4. The third-order valence-corrected chi connectivity index (χ3v) is 5.02. The van der Waals surface area contributed by atoms with E-state index in [0.29, 0.717) is 22.8 Å². The summed E-state index contributed by atoms with van der Waals surface area (Å²) in [4.78, 5) is 31.8. The molecule has 0 bridgehead atoms. The smallest absolute Gasteiger partial charge is 0.275 e. The quantitative estimate of drug-likeness (QED) is 0.157. The Morgan fingerprint density at radius 1 is 0.615 bits per heavy atom. The van der Waals surface area contributed by atoms with Gasteiger partial charge >= 0.3 is 0 Å². The standard InChI is InChI=1S/2C14H13N3O2.Ni/c2*1-10(12-7-4-5-9-15-12)16-17-14(19)11-6-2-3-8-13(11)18;/h2*2-9,18H,1H3,(H,17,19);/b2*16-10+;.